The second-order valence-corrected chi connectivity index (χ2v) is 4.58. The summed E-state index contributed by atoms with van der Waals surface area (Å²) in [5.41, 5.74) is 0. The molecule has 1 saturated heterocycles. The van der Waals surface area contributed by atoms with Gasteiger partial charge in [0.2, 0.25) is 5.91 Å². The van der Waals surface area contributed by atoms with E-state index in [9.17, 15) is 9.59 Å². The summed E-state index contributed by atoms with van der Waals surface area (Å²) in [7, 11) is 0. The quantitative estimate of drug-likeness (QED) is 0.761. The van der Waals surface area contributed by atoms with E-state index in [1.54, 1.807) is 24.2 Å². The minimum atomic E-state index is -0.399. The fourth-order valence-corrected chi connectivity index (χ4v) is 2.38. The average Bonchev–Trinajstić information content (AvgIpc) is 3.07. The number of esters is 1. The number of amides is 1. The maximum absolute atomic E-state index is 12.1. The molecule has 1 atom stereocenters. The number of ether oxygens (including phenoxy) is 1. The summed E-state index contributed by atoms with van der Waals surface area (Å²) in [5, 5.41) is 0. The molecule has 19 heavy (non-hydrogen) atoms. The molecule has 1 fully saturated rings. The van der Waals surface area contributed by atoms with Gasteiger partial charge in [-0.3, -0.25) is 4.79 Å². The number of aryl methyl sites for hydroxylation is 1. The topological polar surface area (TPSA) is 59.8 Å². The third kappa shape index (κ3) is 3.36. The Bertz CT molecular complexity index is 427. The zero-order valence-electron chi connectivity index (χ0n) is 11.1. The van der Waals surface area contributed by atoms with Crippen LogP contribution in [0.15, 0.2) is 22.8 Å². The Morgan fingerprint density at radius 2 is 2.37 bits per heavy atom. The molecule has 1 aliphatic heterocycles. The largest absolute Gasteiger partial charge is 0.469 e. The number of hydrogen-bond acceptors (Lipinski definition) is 4. The predicted molar refractivity (Wildman–Crippen MR) is 68.4 cm³/mol. The lowest BCUT2D eigenvalue weighted by atomic mass is 10.2. The molecule has 0 radical (unpaired) electrons. The van der Waals surface area contributed by atoms with Gasteiger partial charge in [-0.25, -0.2) is 4.79 Å². The number of furan rings is 1. The molecule has 2 rings (SSSR count). The SMILES string of the molecule is CCOC(=O)C1CCCN1C(=O)CCc1ccco1. The number of likely N-dealkylation sites (tertiary alicyclic amines) is 1. The molecule has 0 saturated carbocycles. The molecule has 1 aromatic heterocycles. The molecule has 0 aromatic carbocycles. The van der Waals surface area contributed by atoms with E-state index in [1.165, 1.54) is 0 Å². The first kappa shape index (κ1) is 13.6. The molecule has 0 spiro atoms. The van der Waals surface area contributed by atoms with Gasteiger partial charge in [-0.15, -0.1) is 0 Å². The van der Waals surface area contributed by atoms with Crippen molar-refractivity contribution < 1.29 is 18.7 Å². The first-order chi connectivity index (χ1) is 9.22. The van der Waals surface area contributed by atoms with Gasteiger partial charge in [-0.05, 0) is 31.9 Å². The first-order valence-electron chi connectivity index (χ1n) is 6.71. The Hall–Kier alpha value is -1.78. The van der Waals surface area contributed by atoms with Crippen LogP contribution in [-0.2, 0) is 20.7 Å². The van der Waals surface area contributed by atoms with Crippen LogP contribution in [0.4, 0.5) is 0 Å². The van der Waals surface area contributed by atoms with Crippen LogP contribution in [0.1, 0.15) is 31.9 Å². The minimum absolute atomic E-state index is 0.00745. The van der Waals surface area contributed by atoms with E-state index in [0.29, 0.717) is 32.4 Å². The summed E-state index contributed by atoms with van der Waals surface area (Å²) in [5.74, 6) is 0.499. The molecule has 5 nitrogen and oxygen atoms in total. The van der Waals surface area contributed by atoms with Crippen LogP contribution >= 0.6 is 0 Å². The fraction of sp³-hybridized carbons (Fsp3) is 0.571. The van der Waals surface area contributed by atoms with E-state index in [1.807, 2.05) is 6.07 Å². The van der Waals surface area contributed by atoms with Crippen LogP contribution in [0, 0.1) is 0 Å². The molecule has 2 heterocycles. The summed E-state index contributed by atoms with van der Waals surface area (Å²) >= 11 is 0. The maximum atomic E-state index is 12.1. The van der Waals surface area contributed by atoms with Gasteiger partial charge in [-0.2, -0.15) is 0 Å². The third-order valence-corrected chi connectivity index (χ3v) is 3.30. The molecular weight excluding hydrogens is 246 g/mol. The highest BCUT2D eigenvalue weighted by Crippen LogP contribution is 2.20. The van der Waals surface area contributed by atoms with Gasteiger partial charge in [0.15, 0.2) is 0 Å². The van der Waals surface area contributed by atoms with Crippen molar-refractivity contribution >= 4 is 11.9 Å². The highest BCUT2D eigenvalue weighted by atomic mass is 16.5. The molecular formula is C14H19NO4. The number of hydrogen-bond donors (Lipinski definition) is 0. The maximum Gasteiger partial charge on any atom is 0.328 e. The van der Waals surface area contributed by atoms with Gasteiger partial charge in [0.1, 0.15) is 11.8 Å². The Labute approximate surface area is 112 Å². The normalized spacial score (nSPS) is 18.6. The smallest absolute Gasteiger partial charge is 0.328 e. The number of carbonyl (C=O) groups excluding carboxylic acids is 2. The minimum Gasteiger partial charge on any atom is -0.469 e. The van der Waals surface area contributed by atoms with Crippen LogP contribution < -0.4 is 0 Å². The average molecular weight is 265 g/mol. The van der Waals surface area contributed by atoms with Gasteiger partial charge in [-0.1, -0.05) is 0 Å². The molecule has 0 bridgehead atoms. The highest BCUT2D eigenvalue weighted by Gasteiger charge is 2.34. The first-order valence-corrected chi connectivity index (χ1v) is 6.71. The van der Waals surface area contributed by atoms with Crippen molar-refractivity contribution in [2.45, 2.75) is 38.6 Å². The monoisotopic (exact) mass is 265 g/mol. The summed E-state index contributed by atoms with van der Waals surface area (Å²) in [6.07, 6.45) is 4.08. The van der Waals surface area contributed by atoms with Crippen LogP contribution in [0.2, 0.25) is 0 Å². The van der Waals surface area contributed by atoms with Crippen molar-refractivity contribution in [1.29, 1.82) is 0 Å². The van der Waals surface area contributed by atoms with Crippen LogP contribution in [0.25, 0.3) is 0 Å². The fourth-order valence-electron chi connectivity index (χ4n) is 2.38. The second-order valence-electron chi connectivity index (χ2n) is 4.58. The number of nitrogens with zero attached hydrogens (tertiary/aromatic N) is 1. The zero-order valence-corrected chi connectivity index (χ0v) is 11.1. The van der Waals surface area contributed by atoms with Crippen molar-refractivity contribution in [2.75, 3.05) is 13.2 Å². The molecule has 0 N–H and O–H groups in total. The Kier molecular flexibility index (Phi) is 4.60. The zero-order chi connectivity index (χ0) is 13.7. The summed E-state index contributed by atoms with van der Waals surface area (Å²) < 4.78 is 10.2. The van der Waals surface area contributed by atoms with Crippen molar-refractivity contribution in [2.24, 2.45) is 0 Å². The molecule has 1 amide bonds. The van der Waals surface area contributed by atoms with E-state index >= 15 is 0 Å². The third-order valence-electron chi connectivity index (χ3n) is 3.30. The van der Waals surface area contributed by atoms with Gasteiger partial charge in [0.25, 0.3) is 0 Å². The second kappa shape index (κ2) is 6.41. The van der Waals surface area contributed by atoms with Crippen LogP contribution in [0.5, 0.6) is 0 Å². The van der Waals surface area contributed by atoms with Crippen LogP contribution in [0.3, 0.4) is 0 Å². The molecule has 1 aliphatic rings. The lowest BCUT2D eigenvalue weighted by molar-refractivity contribution is -0.153. The van der Waals surface area contributed by atoms with Crippen molar-refractivity contribution in [3.8, 4) is 0 Å². The van der Waals surface area contributed by atoms with Gasteiger partial charge in [0.05, 0.1) is 12.9 Å². The Morgan fingerprint density at radius 3 is 3.05 bits per heavy atom. The van der Waals surface area contributed by atoms with Crippen molar-refractivity contribution in [3.05, 3.63) is 24.2 Å². The summed E-state index contributed by atoms with van der Waals surface area (Å²) in [4.78, 5) is 25.5. The van der Waals surface area contributed by atoms with Gasteiger partial charge in [0, 0.05) is 19.4 Å². The predicted octanol–water partition coefficient (Wildman–Crippen LogP) is 1.77. The summed E-state index contributed by atoms with van der Waals surface area (Å²) in [6, 6.07) is 3.25. The lowest BCUT2D eigenvalue weighted by Crippen LogP contribution is -2.41. The molecule has 1 unspecified atom stereocenters. The van der Waals surface area contributed by atoms with E-state index in [2.05, 4.69) is 0 Å². The van der Waals surface area contributed by atoms with E-state index in [4.69, 9.17) is 9.15 Å². The number of carbonyl (C=O) groups is 2. The summed E-state index contributed by atoms with van der Waals surface area (Å²) in [6.45, 7) is 2.76. The Morgan fingerprint density at radius 1 is 1.53 bits per heavy atom. The molecule has 0 aliphatic carbocycles. The van der Waals surface area contributed by atoms with E-state index < -0.39 is 6.04 Å². The van der Waals surface area contributed by atoms with Gasteiger partial charge >= 0.3 is 5.97 Å². The van der Waals surface area contributed by atoms with E-state index in [-0.39, 0.29) is 11.9 Å². The van der Waals surface area contributed by atoms with Crippen LogP contribution in [-0.4, -0.2) is 36.0 Å². The lowest BCUT2D eigenvalue weighted by Gasteiger charge is -2.22. The highest BCUT2D eigenvalue weighted by molar-refractivity contribution is 5.85. The number of rotatable bonds is 5. The van der Waals surface area contributed by atoms with E-state index in [0.717, 1.165) is 12.2 Å². The molecule has 5 heteroatoms. The standard InChI is InChI=1S/C14H19NO4/c1-2-18-14(17)12-6-3-9-15(12)13(16)8-7-11-5-4-10-19-11/h4-5,10,12H,2-3,6-9H2,1H3. The molecule has 104 valence electrons. The Balaban J connectivity index is 1.88. The van der Waals surface area contributed by atoms with Crippen molar-refractivity contribution in [1.82, 2.24) is 4.90 Å². The van der Waals surface area contributed by atoms with Crippen molar-refractivity contribution in [3.63, 3.8) is 0 Å². The molecule has 1 aromatic rings. The van der Waals surface area contributed by atoms with Gasteiger partial charge < -0.3 is 14.1 Å².